The van der Waals surface area contributed by atoms with E-state index >= 15 is 0 Å². The average molecular weight is 304 g/mol. The van der Waals surface area contributed by atoms with E-state index in [-0.39, 0.29) is 18.6 Å². The lowest BCUT2D eigenvalue weighted by Gasteiger charge is -2.19. The molecular formula is C15H14ClN3O2. The monoisotopic (exact) mass is 303 g/mol. The summed E-state index contributed by atoms with van der Waals surface area (Å²) in [5.74, 6) is 1.27. The number of halogens is 1. The minimum Gasteiger partial charge on any atom is -0.488 e. The number of carbonyl (C=O) groups excluding carboxylic acids is 1. The number of hydrogen-bond acceptors (Lipinski definition) is 3. The first kappa shape index (κ1) is 13.7. The molecule has 0 radical (unpaired) electrons. The van der Waals surface area contributed by atoms with Gasteiger partial charge in [-0.2, -0.15) is 0 Å². The van der Waals surface area contributed by atoms with Crippen LogP contribution in [0.5, 0.6) is 5.75 Å². The van der Waals surface area contributed by atoms with Crippen LogP contribution < -0.4 is 10.1 Å². The molecule has 0 saturated heterocycles. The number of imidazole rings is 1. The van der Waals surface area contributed by atoms with E-state index in [1.807, 2.05) is 6.92 Å². The molecule has 1 aromatic carbocycles. The van der Waals surface area contributed by atoms with Crippen LogP contribution in [0, 0.1) is 0 Å². The molecule has 0 spiro atoms. The number of amides is 1. The fraction of sp³-hybridized carbons (Fsp3) is 0.200. The van der Waals surface area contributed by atoms with Crippen LogP contribution in [0.2, 0.25) is 5.02 Å². The van der Waals surface area contributed by atoms with E-state index in [1.54, 1.807) is 36.7 Å². The smallest absolute Gasteiger partial charge is 0.251 e. The van der Waals surface area contributed by atoms with Gasteiger partial charge in [-0.25, -0.2) is 4.98 Å². The molecule has 1 aromatic heterocycles. The Morgan fingerprint density at radius 2 is 2.38 bits per heavy atom. The molecule has 2 heterocycles. The molecule has 0 aliphatic carbocycles. The minimum absolute atomic E-state index is 0.176. The maximum absolute atomic E-state index is 12.3. The first-order valence-corrected chi connectivity index (χ1v) is 6.94. The Morgan fingerprint density at radius 1 is 1.52 bits per heavy atom. The van der Waals surface area contributed by atoms with Crippen LogP contribution in [-0.4, -0.2) is 22.5 Å². The van der Waals surface area contributed by atoms with Gasteiger partial charge in [0.1, 0.15) is 18.2 Å². The zero-order valence-electron chi connectivity index (χ0n) is 11.4. The van der Waals surface area contributed by atoms with E-state index in [2.05, 4.69) is 15.3 Å². The average Bonchev–Trinajstić information content (AvgIpc) is 3.00. The lowest BCUT2D eigenvalue weighted by molar-refractivity contribution is -0.118. The highest BCUT2D eigenvalue weighted by atomic mass is 35.5. The van der Waals surface area contributed by atoms with Gasteiger partial charge in [-0.05, 0) is 31.2 Å². The highest BCUT2D eigenvalue weighted by Gasteiger charge is 2.19. The third-order valence-corrected chi connectivity index (χ3v) is 3.49. The number of carbonyl (C=O) groups is 1. The van der Waals surface area contributed by atoms with E-state index in [0.717, 1.165) is 11.3 Å². The van der Waals surface area contributed by atoms with Crippen molar-refractivity contribution in [3.63, 3.8) is 0 Å². The largest absolute Gasteiger partial charge is 0.488 e. The number of aromatic nitrogens is 2. The van der Waals surface area contributed by atoms with Crippen molar-refractivity contribution in [2.75, 3.05) is 6.61 Å². The van der Waals surface area contributed by atoms with Gasteiger partial charge in [0.2, 0.25) is 0 Å². The van der Waals surface area contributed by atoms with Gasteiger partial charge >= 0.3 is 0 Å². The van der Waals surface area contributed by atoms with Crippen LogP contribution in [-0.2, 0) is 4.79 Å². The minimum atomic E-state index is -0.200. The van der Waals surface area contributed by atoms with Gasteiger partial charge in [0.05, 0.1) is 11.6 Å². The third kappa shape index (κ3) is 2.92. The summed E-state index contributed by atoms with van der Waals surface area (Å²) in [5, 5.41) is 3.49. The number of nitrogens with zero attached hydrogens (tertiary/aromatic N) is 1. The Hall–Kier alpha value is -2.27. The molecule has 1 aliphatic rings. The van der Waals surface area contributed by atoms with E-state index in [1.165, 1.54) is 0 Å². The summed E-state index contributed by atoms with van der Waals surface area (Å²) in [4.78, 5) is 19.4. The SMILES string of the molecule is CC(NC(=O)C1=Cc2cc(Cl)ccc2OC1)c1ncc[nH]1. The zero-order valence-corrected chi connectivity index (χ0v) is 12.1. The molecule has 2 aromatic rings. The zero-order chi connectivity index (χ0) is 14.8. The topological polar surface area (TPSA) is 67.0 Å². The van der Waals surface area contributed by atoms with Crippen LogP contribution in [0.25, 0.3) is 6.08 Å². The molecule has 6 heteroatoms. The molecule has 3 rings (SSSR count). The first-order chi connectivity index (χ1) is 10.1. The highest BCUT2D eigenvalue weighted by molar-refractivity contribution is 6.30. The Balaban J connectivity index is 1.76. The summed E-state index contributed by atoms with van der Waals surface area (Å²) in [7, 11) is 0. The van der Waals surface area contributed by atoms with Gasteiger partial charge in [0, 0.05) is 23.0 Å². The predicted molar refractivity (Wildman–Crippen MR) is 80.1 cm³/mol. The van der Waals surface area contributed by atoms with Crippen molar-refractivity contribution in [3.8, 4) is 5.75 Å². The summed E-state index contributed by atoms with van der Waals surface area (Å²) in [6.45, 7) is 2.11. The molecule has 5 nitrogen and oxygen atoms in total. The van der Waals surface area contributed by atoms with Gasteiger partial charge in [-0.1, -0.05) is 11.6 Å². The van der Waals surface area contributed by atoms with Crippen LogP contribution in [0.3, 0.4) is 0 Å². The van der Waals surface area contributed by atoms with Crippen molar-refractivity contribution in [1.82, 2.24) is 15.3 Å². The van der Waals surface area contributed by atoms with Crippen LogP contribution >= 0.6 is 11.6 Å². The van der Waals surface area contributed by atoms with Crippen LogP contribution in [0.1, 0.15) is 24.4 Å². The van der Waals surface area contributed by atoms with Gasteiger partial charge in [-0.3, -0.25) is 4.79 Å². The second-order valence-electron chi connectivity index (χ2n) is 4.81. The standard InChI is InChI=1S/C15H14ClN3O2/c1-9(14-17-4-5-18-14)19-15(20)11-6-10-7-12(16)2-3-13(10)21-8-11/h2-7,9H,8H2,1H3,(H,17,18)(H,19,20). The van der Waals surface area contributed by atoms with Crippen molar-refractivity contribution >= 4 is 23.6 Å². The number of H-pyrrole nitrogens is 1. The second-order valence-corrected chi connectivity index (χ2v) is 5.25. The Bertz CT molecular complexity index is 695. The Kier molecular flexibility index (Phi) is 3.66. The van der Waals surface area contributed by atoms with Gasteiger partial charge in [-0.15, -0.1) is 0 Å². The molecule has 1 unspecified atom stereocenters. The molecule has 0 fully saturated rings. The van der Waals surface area contributed by atoms with Crippen molar-refractivity contribution < 1.29 is 9.53 Å². The maximum atomic E-state index is 12.3. The van der Waals surface area contributed by atoms with Crippen LogP contribution in [0.15, 0.2) is 36.2 Å². The number of rotatable bonds is 3. The van der Waals surface area contributed by atoms with Crippen molar-refractivity contribution in [1.29, 1.82) is 0 Å². The quantitative estimate of drug-likeness (QED) is 0.916. The lowest BCUT2D eigenvalue weighted by atomic mass is 10.1. The molecular weight excluding hydrogens is 290 g/mol. The summed E-state index contributed by atoms with van der Waals surface area (Å²) in [5.41, 5.74) is 1.37. The van der Waals surface area contributed by atoms with Crippen molar-refractivity contribution in [2.45, 2.75) is 13.0 Å². The summed E-state index contributed by atoms with van der Waals surface area (Å²) in [6, 6.07) is 5.14. The highest BCUT2D eigenvalue weighted by Crippen LogP contribution is 2.29. The number of ether oxygens (including phenoxy) is 1. The summed E-state index contributed by atoms with van der Waals surface area (Å²) < 4.78 is 5.57. The molecule has 108 valence electrons. The molecule has 0 bridgehead atoms. The number of aromatic amines is 1. The summed E-state index contributed by atoms with van der Waals surface area (Å²) in [6.07, 6.45) is 5.17. The number of fused-ring (bicyclic) bond motifs is 1. The van der Waals surface area contributed by atoms with Crippen molar-refractivity contribution in [2.24, 2.45) is 0 Å². The van der Waals surface area contributed by atoms with E-state index in [9.17, 15) is 4.79 Å². The lowest BCUT2D eigenvalue weighted by Crippen LogP contribution is -2.31. The molecule has 1 amide bonds. The third-order valence-electron chi connectivity index (χ3n) is 3.25. The molecule has 1 atom stereocenters. The maximum Gasteiger partial charge on any atom is 0.251 e. The second kappa shape index (κ2) is 5.61. The van der Waals surface area contributed by atoms with Gasteiger partial charge < -0.3 is 15.0 Å². The van der Waals surface area contributed by atoms with E-state index in [4.69, 9.17) is 16.3 Å². The fourth-order valence-corrected chi connectivity index (χ4v) is 2.33. The van der Waals surface area contributed by atoms with E-state index in [0.29, 0.717) is 16.4 Å². The predicted octanol–water partition coefficient (Wildman–Crippen LogP) is 2.72. The van der Waals surface area contributed by atoms with Gasteiger partial charge in [0.25, 0.3) is 5.91 Å². The first-order valence-electron chi connectivity index (χ1n) is 6.56. The Labute approximate surface area is 127 Å². The van der Waals surface area contributed by atoms with Crippen molar-refractivity contribution in [3.05, 3.63) is 52.6 Å². The van der Waals surface area contributed by atoms with Crippen LogP contribution in [0.4, 0.5) is 0 Å². The molecule has 2 N–H and O–H groups in total. The molecule has 1 aliphatic heterocycles. The number of hydrogen-bond donors (Lipinski definition) is 2. The van der Waals surface area contributed by atoms with E-state index < -0.39 is 0 Å². The fourth-order valence-electron chi connectivity index (χ4n) is 2.15. The molecule has 21 heavy (non-hydrogen) atoms. The number of nitrogens with one attached hydrogen (secondary N) is 2. The molecule has 0 saturated carbocycles. The normalized spacial score (nSPS) is 14.7. The Morgan fingerprint density at radius 3 is 3.14 bits per heavy atom. The number of benzene rings is 1. The van der Waals surface area contributed by atoms with Gasteiger partial charge in [0.15, 0.2) is 0 Å². The summed E-state index contributed by atoms with van der Waals surface area (Å²) >= 11 is 5.96.